The summed E-state index contributed by atoms with van der Waals surface area (Å²) in [7, 11) is 1.29. The summed E-state index contributed by atoms with van der Waals surface area (Å²) in [6, 6.07) is 8.62. The Hall–Kier alpha value is -4.09. The van der Waals surface area contributed by atoms with Crippen molar-refractivity contribution in [1.82, 2.24) is 4.57 Å². The number of hydrogen-bond donors (Lipinski definition) is 1. The zero-order valence-corrected chi connectivity index (χ0v) is 19.6. The molecule has 4 rings (SSSR count). The van der Waals surface area contributed by atoms with Crippen LogP contribution in [0.15, 0.2) is 63.8 Å². The third-order valence-corrected chi connectivity index (χ3v) is 6.41. The predicted molar refractivity (Wildman–Crippen MR) is 122 cm³/mol. The summed E-state index contributed by atoms with van der Waals surface area (Å²) in [5.74, 6) is -7.66. The normalized spacial score (nSPS) is 14.0. The molecule has 12 heteroatoms. The topological polar surface area (TPSA) is 72.4 Å². The second-order valence-electron chi connectivity index (χ2n) is 8.76. The van der Waals surface area contributed by atoms with Crippen LogP contribution in [0.1, 0.15) is 45.8 Å². The Kier molecular flexibility index (Phi) is 6.62. The number of aryl methyl sites for hydroxylation is 1. The van der Waals surface area contributed by atoms with Gasteiger partial charge in [0.05, 0.1) is 22.6 Å². The lowest BCUT2D eigenvalue weighted by Crippen LogP contribution is -2.27. The standard InChI is InChI=1S/C26H18F7NO4/c1-12(22(26(31,32)33)15-5-8-21-20(11-15)34(2)24(37)38-21)16-6-3-13(9-18(16)25(28,29)30)14-4-7-17(23(35)36)19(27)10-14/h3-12,22H,1-2H3,(H,35,36)/t12-,22?/m1/s1. The van der Waals surface area contributed by atoms with Crippen molar-refractivity contribution >= 4 is 17.1 Å². The van der Waals surface area contributed by atoms with Gasteiger partial charge in [0.1, 0.15) is 5.82 Å². The number of hydrogen-bond acceptors (Lipinski definition) is 3. The number of alkyl halides is 6. The van der Waals surface area contributed by atoms with E-state index in [2.05, 4.69) is 0 Å². The minimum atomic E-state index is -5.06. The second-order valence-corrected chi connectivity index (χ2v) is 8.76. The predicted octanol–water partition coefficient (Wildman–Crippen LogP) is 7.10. The third kappa shape index (κ3) is 4.90. The Bertz CT molecular complexity index is 1600. The van der Waals surface area contributed by atoms with Crippen molar-refractivity contribution in [3.63, 3.8) is 0 Å². The molecule has 38 heavy (non-hydrogen) atoms. The molecule has 4 aromatic rings. The van der Waals surface area contributed by atoms with Gasteiger partial charge in [0.15, 0.2) is 5.58 Å². The fourth-order valence-electron chi connectivity index (χ4n) is 4.52. The van der Waals surface area contributed by atoms with Gasteiger partial charge in [0.25, 0.3) is 0 Å². The van der Waals surface area contributed by atoms with Crippen LogP contribution in [0.4, 0.5) is 30.7 Å². The first kappa shape index (κ1) is 27.0. The van der Waals surface area contributed by atoms with Crippen LogP contribution in [0.2, 0.25) is 0 Å². The fraction of sp³-hybridized carbons (Fsp3) is 0.231. The van der Waals surface area contributed by atoms with Gasteiger partial charge in [-0.2, -0.15) is 26.3 Å². The number of carboxylic acid groups (broad SMARTS) is 1. The number of carbonyl (C=O) groups is 1. The lowest BCUT2D eigenvalue weighted by Gasteiger charge is -2.29. The molecule has 0 aliphatic rings. The largest absolute Gasteiger partial charge is 0.478 e. The fourth-order valence-corrected chi connectivity index (χ4v) is 4.52. The number of aromatic nitrogens is 1. The van der Waals surface area contributed by atoms with Crippen LogP contribution < -0.4 is 5.76 Å². The van der Waals surface area contributed by atoms with Gasteiger partial charge < -0.3 is 9.52 Å². The van der Waals surface area contributed by atoms with Gasteiger partial charge in [-0.15, -0.1) is 0 Å². The minimum Gasteiger partial charge on any atom is -0.478 e. The summed E-state index contributed by atoms with van der Waals surface area (Å²) in [5.41, 5.74) is -3.22. The molecular formula is C26H18F7NO4. The van der Waals surface area contributed by atoms with Gasteiger partial charge >= 0.3 is 24.1 Å². The molecular weight excluding hydrogens is 523 g/mol. The molecule has 0 fully saturated rings. The molecule has 1 unspecified atom stereocenters. The monoisotopic (exact) mass is 541 g/mol. The quantitative estimate of drug-likeness (QED) is 0.274. The van der Waals surface area contributed by atoms with Gasteiger partial charge in [-0.25, -0.2) is 14.0 Å². The van der Waals surface area contributed by atoms with Crippen LogP contribution in [0.5, 0.6) is 0 Å². The Morgan fingerprint density at radius 2 is 1.58 bits per heavy atom. The molecule has 0 spiro atoms. The van der Waals surface area contributed by atoms with E-state index >= 15 is 0 Å². The van der Waals surface area contributed by atoms with Crippen LogP contribution in [0.25, 0.3) is 22.2 Å². The molecule has 5 nitrogen and oxygen atoms in total. The molecule has 200 valence electrons. The highest BCUT2D eigenvalue weighted by Gasteiger charge is 2.47. The van der Waals surface area contributed by atoms with Gasteiger partial charge in [-0.1, -0.05) is 31.2 Å². The molecule has 0 aliphatic heterocycles. The Balaban J connectivity index is 1.85. The summed E-state index contributed by atoms with van der Waals surface area (Å²) in [6.07, 6.45) is -10.0. The number of nitrogens with zero attached hydrogens (tertiary/aromatic N) is 1. The maximum absolute atomic E-state index is 14.3. The van der Waals surface area contributed by atoms with Crippen LogP contribution in [0, 0.1) is 5.82 Å². The van der Waals surface area contributed by atoms with Crippen molar-refractivity contribution < 1.29 is 45.1 Å². The maximum atomic E-state index is 14.3. The lowest BCUT2D eigenvalue weighted by atomic mass is 9.79. The summed E-state index contributed by atoms with van der Waals surface area (Å²) >= 11 is 0. The SMILES string of the molecule is C[C@H](c1ccc(-c2ccc(C(=O)O)c(F)c2)cc1C(F)(F)F)C(c1ccc2oc(=O)n(C)c2c1)C(F)(F)F. The van der Waals surface area contributed by atoms with E-state index < -0.39 is 58.4 Å². The number of oxazole rings is 1. The first-order valence-electron chi connectivity index (χ1n) is 11.0. The molecule has 2 atom stereocenters. The van der Waals surface area contributed by atoms with E-state index in [4.69, 9.17) is 9.52 Å². The number of rotatable bonds is 5. The maximum Gasteiger partial charge on any atom is 0.419 e. The Morgan fingerprint density at radius 3 is 2.16 bits per heavy atom. The van der Waals surface area contributed by atoms with Crippen molar-refractivity contribution in [2.24, 2.45) is 7.05 Å². The molecule has 0 saturated heterocycles. The van der Waals surface area contributed by atoms with Crippen molar-refractivity contribution in [3.05, 3.63) is 93.2 Å². The Labute approximate surface area is 209 Å². The highest BCUT2D eigenvalue weighted by atomic mass is 19.4. The van der Waals surface area contributed by atoms with E-state index in [0.717, 1.165) is 60.0 Å². The van der Waals surface area contributed by atoms with E-state index in [1.165, 1.54) is 7.05 Å². The number of aromatic carboxylic acids is 1. The van der Waals surface area contributed by atoms with Crippen LogP contribution in [0.3, 0.4) is 0 Å². The van der Waals surface area contributed by atoms with Crippen LogP contribution in [-0.2, 0) is 13.2 Å². The number of benzene rings is 3. The van der Waals surface area contributed by atoms with Crippen LogP contribution in [-0.4, -0.2) is 21.8 Å². The highest BCUT2D eigenvalue weighted by Crippen LogP contribution is 2.48. The van der Waals surface area contributed by atoms with E-state index in [-0.39, 0.29) is 27.8 Å². The zero-order chi connectivity index (χ0) is 28.2. The molecule has 0 radical (unpaired) electrons. The summed E-state index contributed by atoms with van der Waals surface area (Å²) in [6.45, 7) is 1.02. The van der Waals surface area contributed by atoms with E-state index in [1.807, 2.05) is 0 Å². The van der Waals surface area contributed by atoms with Crippen LogP contribution >= 0.6 is 0 Å². The summed E-state index contributed by atoms with van der Waals surface area (Å²) in [5, 5.41) is 8.96. The van der Waals surface area contributed by atoms with Crippen molar-refractivity contribution in [1.29, 1.82) is 0 Å². The van der Waals surface area contributed by atoms with Gasteiger partial charge in [0.2, 0.25) is 0 Å². The molecule has 1 heterocycles. The number of fused-ring (bicyclic) bond motifs is 1. The van der Waals surface area contributed by atoms with Crippen molar-refractivity contribution in [2.45, 2.75) is 31.1 Å². The number of halogens is 7. The Morgan fingerprint density at radius 1 is 0.947 bits per heavy atom. The second kappa shape index (κ2) is 9.34. The molecule has 0 amide bonds. The number of carboxylic acids is 1. The molecule has 0 saturated carbocycles. The first-order chi connectivity index (χ1) is 17.6. The molecule has 0 aliphatic carbocycles. The van der Waals surface area contributed by atoms with Gasteiger partial charge in [0, 0.05) is 7.05 Å². The van der Waals surface area contributed by atoms with Gasteiger partial charge in [-0.05, 0) is 58.5 Å². The smallest absolute Gasteiger partial charge is 0.419 e. The van der Waals surface area contributed by atoms with Gasteiger partial charge in [-0.3, -0.25) is 4.57 Å². The van der Waals surface area contributed by atoms with Crippen molar-refractivity contribution in [2.75, 3.05) is 0 Å². The summed E-state index contributed by atoms with van der Waals surface area (Å²) in [4.78, 5) is 22.8. The van der Waals surface area contributed by atoms with E-state index in [0.29, 0.717) is 6.07 Å². The first-order valence-corrected chi connectivity index (χ1v) is 11.0. The van der Waals surface area contributed by atoms with E-state index in [9.17, 15) is 40.3 Å². The molecule has 0 bridgehead atoms. The minimum absolute atomic E-state index is 0.0244. The highest BCUT2D eigenvalue weighted by molar-refractivity contribution is 5.88. The van der Waals surface area contributed by atoms with E-state index in [1.54, 1.807) is 0 Å². The summed E-state index contributed by atoms with van der Waals surface area (Å²) < 4.78 is 105. The average molecular weight is 541 g/mol. The molecule has 1 N–H and O–H groups in total. The average Bonchev–Trinajstić information content (AvgIpc) is 3.10. The molecule has 3 aromatic carbocycles. The third-order valence-electron chi connectivity index (χ3n) is 6.41. The molecule has 1 aromatic heterocycles. The lowest BCUT2D eigenvalue weighted by molar-refractivity contribution is -0.157. The zero-order valence-electron chi connectivity index (χ0n) is 19.6. The van der Waals surface area contributed by atoms with Crippen molar-refractivity contribution in [3.8, 4) is 11.1 Å².